The Morgan fingerprint density at radius 2 is 1.20 bits per heavy atom. The number of hydrogen-bond acceptors (Lipinski definition) is 3. The molecule has 0 aromatic carbocycles. The molecule has 0 N–H and O–H groups in total. The minimum atomic E-state index is 1.34. The van der Waals surface area contributed by atoms with Crippen molar-refractivity contribution in [3.63, 3.8) is 0 Å². The van der Waals surface area contributed by atoms with Gasteiger partial charge in [-0.1, -0.05) is 0 Å². The maximum absolute atomic E-state index is 2.21. The van der Waals surface area contributed by atoms with E-state index >= 15 is 0 Å². The zero-order chi connectivity index (χ0) is 10.1. The van der Waals surface area contributed by atoms with E-state index < -0.39 is 0 Å². The highest BCUT2D eigenvalue weighted by molar-refractivity contribution is 7.19. The first kappa shape index (κ1) is 9.33. The normalized spacial score (nSPS) is 10.7. The summed E-state index contributed by atoms with van der Waals surface area (Å²) >= 11 is 5.36. The smallest absolute Gasteiger partial charge is 0.0357 e. The van der Waals surface area contributed by atoms with Crippen LogP contribution in [-0.4, -0.2) is 0 Å². The molecule has 3 rings (SSSR count). The molecule has 0 fully saturated rings. The largest absolute Gasteiger partial charge is 0.152 e. The third kappa shape index (κ3) is 1.78. The molecule has 3 heteroatoms. The van der Waals surface area contributed by atoms with Crippen LogP contribution in [0, 0.1) is 0 Å². The fraction of sp³-hybridized carbons (Fsp3) is 0. The molecule has 0 amide bonds. The predicted molar refractivity (Wildman–Crippen MR) is 70.9 cm³/mol. The summed E-state index contributed by atoms with van der Waals surface area (Å²) in [6.07, 6.45) is 0. The Kier molecular flexibility index (Phi) is 2.44. The molecule has 0 bridgehead atoms. The van der Waals surface area contributed by atoms with Gasteiger partial charge in [0.05, 0.1) is 0 Å². The van der Waals surface area contributed by atoms with E-state index in [1.165, 1.54) is 20.9 Å². The van der Waals surface area contributed by atoms with Gasteiger partial charge < -0.3 is 0 Å². The summed E-state index contributed by atoms with van der Waals surface area (Å²) in [7, 11) is 0. The van der Waals surface area contributed by atoms with Crippen molar-refractivity contribution in [2.75, 3.05) is 0 Å². The second kappa shape index (κ2) is 3.93. The van der Waals surface area contributed by atoms with Crippen molar-refractivity contribution >= 4 is 34.0 Å². The summed E-state index contributed by atoms with van der Waals surface area (Å²) in [5.74, 6) is 0. The second-order valence-electron chi connectivity index (χ2n) is 3.19. The Labute approximate surface area is 100 Å². The zero-order valence-corrected chi connectivity index (χ0v) is 10.3. The summed E-state index contributed by atoms with van der Waals surface area (Å²) in [6.45, 7) is 0. The summed E-state index contributed by atoms with van der Waals surface area (Å²) in [5, 5.41) is 8.64. The zero-order valence-electron chi connectivity index (χ0n) is 7.84. The molecule has 0 atom stereocenters. The maximum atomic E-state index is 2.21. The van der Waals surface area contributed by atoms with Crippen LogP contribution >= 0.6 is 34.0 Å². The first-order valence-corrected chi connectivity index (χ1v) is 7.29. The Balaban J connectivity index is 2.02. The van der Waals surface area contributed by atoms with Gasteiger partial charge in [0.1, 0.15) is 0 Å². The summed E-state index contributed by atoms with van der Waals surface area (Å²) in [5.41, 5.74) is 2.68. The first-order valence-electron chi connectivity index (χ1n) is 4.58. The highest BCUT2D eigenvalue weighted by atomic mass is 32.1. The average molecular weight is 248 g/mol. The van der Waals surface area contributed by atoms with Crippen LogP contribution in [0.5, 0.6) is 0 Å². The quantitative estimate of drug-likeness (QED) is 0.584. The second-order valence-corrected chi connectivity index (χ2v) is 5.83. The number of rotatable bonds is 2. The monoisotopic (exact) mass is 248 g/mol. The Morgan fingerprint density at radius 3 is 1.60 bits per heavy atom. The lowest BCUT2D eigenvalue weighted by Gasteiger charge is -1.90. The van der Waals surface area contributed by atoms with Crippen molar-refractivity contribution in [1.82, 2.24) is 0 Å². The molecular formula is C12H8S3. The molecule has 0 aliphatic rings. The van der Waals surface area contributed by atoms with Crippen LogP contribution in [0.4, 0.5) is 0 Å². The van der Waals surface area contributed by atoms with Gasteiger partial charge in [-0.3, -0.25) is 0 Å². The van der Waals surface area contributed by atoms with Crippen LogP contribution in [0.2, 0.25) is 0 Å². The van der Waals surface area contributed by atoms with Gasteiger partial charge in [-0.2, -0.15) is 22.7 Å². The number of thiophene rings is 3. The van der Waals surface area contributed by atoms with Crippen molar-refractivity contribution in [2.24, 2.45) is 0 Å². The first-order chi connectivity index (χ1) is 7.43. The van der Waals surface area contributed by atoms with E-state index in [0.29, 0.717) is 0 Å². The van der Waals surface area contributed by atoms with E-state index in [4.69, 9.17) is 0 Å². The summed E-state index contributed by atoms with van der Waals surface area (Å²) < 4.78 is 0. The molecular weight excluding hydrogens is 240 g/mol. The molecule has 0 spiro atoms. The summed E-state index contributed by atoms with van der Waals surface area (Å²) in [4.78, 5) is 2.72. The molecule has 0 unspecified atom stereocenters. The average Bonchev–Trinajstić information content (AvgIpc) is 3.02. The molecule has 0 nitrogen and oxygen atoms in total. The minimum absolute atomic E-state index is 1.34. The lowest BCUT2D eigenvalue weighted by Crippen LogP contribution is -1.60. The molecule has 3 heterocycles. The lowest BCUT2D eigenvalue weighted by atomic mass is 10.2. The van der Waals surface area contributed by atoms with Crippen molar-refractivity contribution in [2.45, 2.75) is 0 Å². The standard InChI is InChI=1S/C12H8S3/c1-2-12(10-4-6-14-8-10)15-11(1)9-3-5-13-7-9/h1-8H. The molecule has 0 aliphatic carbocycles. The van der Waals surface area contributed by atoms with E-state index in [1.807, 2.05) is 11.3 Å². The predicted octanol–water partition coefficient (Wildman–Crippen LogP) is 5.21. The van der Waals surface area contributed by atoms with Gasteiger partial charge in [0.25, 0.3) is 0 Å². The molecule has 3 aromatic rings. The highest BCUT2D eigenvalue weighted by Gasteiger charge is 2.04. The van der Waals surface area contributed by atoms with E-state index in [1.54, 1.807) is 22.7 Å². The molecule has 3 aromatic heterocycles. The van der Waals surface area contributed by atoms with Crippen molar-refractivity contribution in [3.8, 4) is 20.9 Å². The van der Waals surface area contributed by atoms with Crippen LogP contribution in [0.15, 0.2) is 45.8 Å². The van der Waals surface area contributed by atoms with Gasteiger partial charge in [-0.05, 0) is 45.8 Å². The van der Waals surface area contributed by atoms with Crippen molar-refractivity contribution < 1.29 is 0 Å². The fourth-order valence-electron chi connectivity index (χ4n) is 1.46. The van der Waals surface area contributed by atoms with E-state index in [2.05, 4.69) is 45.8 Å². The molecule has 0 saturated heterocycles. The fourth-order valence-corrected chi connectivity index (χ4v) is 3.92. The third-order valence-electron chi connectivity index (χ3n) is 2.22. The lowest BCUT2D eigenvalue weighted by molar-refractivity contribution is 1.86. The van der Waals surface area contributed by atoms with Crippen LogP contribution in [0.25, 0.3) is 20.9 Å². The van der Waals surface area contributed by atoms with Gasteiger partial charge in [-0.25, -0.2) is 0 Å². The maximum Gasteiger partial charge on any atom is 0.0357 e. The molecule has 0 saturated carbocycles. The van der Waals surface area contributed by atoms with Crippen molar-refractivity contribution in [3.05, 3.63) is 45.8 Å². The highest BCUT2D eigenvalue weighted by Crippen LogP contribution is 2.35. The molecule has 0 aliphatic heterocycles. The summed E-state index contributed by atoms with van der Waals surface area (Å²) in [6, 6.07) is 8.77. The molecule has 0 radical (unpaired) electrons. The SMILES string of the molecule is c1cc(-c2ccc(-c3ccsc3)s2)cs1. The topological polar surface area (TPSA) is 0 Å². The van der Waals surface area contributed by atoms with Gasteiger partial charge in [0.2, 0.25) is 0 Å². The van der Waals surface area contributed by atoms with E-state index in [9.17, 15) is 0 Å². The van der Waals surface area contributed by atoms with Gasteiger partial charge >= 0.3 is 0 Å². The van der Waals surface area contributed by atoms with Gasteiger partial charge in [0.15, 0.2) is 0 Å². The Morgan fingerprint density at radius 1 is 0.667 bits per heavy atom. The van der Waals surface area contributed by atoms with Crippen LogP contribution in [0.3, 0.4) is 0 Å². The van der Waals surface area contributed by atoms with E-state index in [0.717, 1.165) is 0 Å². The van der Waals surface area contributed by atoms with Crippen LogP contribution in [-0.2, 0) is 0 Å². The van der Waals surface area contributed by atoms with E-state index in [-0.39, 0.29) is 0 Å². The third-order valence-corrected chi connectivity index (χ3v) is 4.77. The Hall–Kier alpha value is -0.900. The Bertz CT molecular complexity index is 480. The minimum Gasteiger partial charge on any atom is -0.152 e. The van der Waals surface area contributed by atoms with Crippen LogP contribution in [0.1, 0.15) is 0 Å². The molecule has 74 valence electrons. The molecule has 15 heavy (non-hydrogen) atoms. The van der Waals surface area contributed by atoms with Gasteiger partial charge in [0, 0.05) is 20.9 Å². The number of hydrogen-bond donors (Lipinski definition) is 0. The van der Waals surface area contributed by atoms with Gasteiger partial charge in [-0.15, -0.1) is 11.3 Å². The van der Waals surface area contributed by atoms with Crippen LogP contribution < -0.4 is 0 Å². The van der Waals surface area contributed by atoms with Crippen molar-refractivity contribution in [1.29, 1.82) is 0 Å².